The first-order valence-corrected chi connectivity index (χ1v) is 11.0. The van der Waals surface area contributed by atoms with E-state index in [1.54, 1.807) is 0 Å². The summed E-state index contributed by atoms with van der Waals surface area (Å²) >= 11 is 1.35. The van der Waals surface area contributed by atoms with Gasteiger partial charge < -0.3 is 10.2 Å². The zero-order chi connectivity index (χ0) is 20.9. The van der Waals surface area contributed by atoms with Crippen molar-refractivity contribution in [2.24, 2.45) is 0 Å². The summed E-state index contributed by atoms with van der Waals surface area (Å²) in [5.41, 5.74) is 3.29. The summed E-state index contributed by atoms with van der Waals surface area (Å²) in [6.45, 7) is 2.69. The minimum Gasteiger partial charge on any atom is -0.312 e. The third kappa shape index (κ3) is 4.74. The summed E-state index contributed by atoms with van der Waals surface area (Å²) in [4.78, 5) is 26.6. The van der Waals surface area contributed by atoms with Crippen LogP contribution in [0.2, 0.25) is 0 Å². The van der Waals surface area contributed by atoms with Crippen molar-refractivity contribution in [3.63, 3.8) is 0 Å². The van der Waals surface area contributed by atoms with Crippen LogP contribution in [0.3, 0.4) is 0 Å². The predicted molar refractivity (Wildman–Crippen MR) is 119 cm³/mol. The molecule has 1 aromatic heterocycles. The van der Waals surface area contributed by atoms with Gasteiger partial charge in [-0.1, -0.05) is 60.7 Å². The molecule has 1 atom stereocenters. The monoisotopic (exact) mass is 420 g/mol. The predicted octanol–water partition coefficient (Wildman–Crippen LogP) is 4.19. The second-order valence-electron chi connectivity index (χ2n) is 7.40. The van der Waals surface area contributed by atoms with Gasteiger partial charge in [0.05, 0.1) is 0 Å². The average molecular weight is 421 g/mol. The zero-order valence-corrected chi connectivity index (χ0v) is 17.7. The Morgan fingerprint density at radius 1 is 1.10 bits per heavy atom. The number of hydrogen-bond donors (Lipinski definition) is 1. The summed E-state index contributed by atoms with van der Waals surface area (Å²) in [6, 6.07) is 18.0. The smallest absolute Gasteiger partial charge is 0.227 e. The third-order valence-electron chi connectivity index (χ3n) is 5.30. The molecule has 0 radical (unpaired) electrons. The molecule has 2 amide bonds. The molecule has 1 saturated heterocycles. The molecule has 3 aromatic rings. The fraction of sp³-hybridized carbons (Fsp3) is 0.304. The summed E-state index contributed by atoms with van der Waals surface area (Å²) in [5.74, 6) is 0.00501. The first-order valence-electron chi connectivity index (χ1n) is 10.2. The van der Waals surface area contributed by atoms with Crippen LogP contribution in [0.25, 0.3) is 0 Å². The maximum atomic E-state index is 12.5. The van der Waals surface area contributed by atoms with Gasteiger partial charge in [0.15, 0.2) is 0 Å². The standard InChI is InChI=1S/C23H24N4O2S/c1-2-16-8-11-19(12-9-16)27-15-18(14-21(27)29)22-25-26-23(30-22)24-20(28)13-10-17-6-4-3-5-7-17/h3-9,11-12,18H,2,10,13-15H2,1H3,(H,24,26,28)/t18-/m0/s1. The zero-order valence-electron chi connectivity index (χ0n) is 16.9. The SMILES string of the molecule is CCc1ccc(N2C[C@@H](c3nnc(NC(=O)CCc4ccccc4)s3)CC2=O)cc1. The molecule has 1 aliphatic heterocycles. The number of aryl methyl sites for hydroxylation is 2. The van der Waals surface area contributed by atoms with Crippen LogP contribution in [0, 0.1) is 0 Å². The lowest BCUT2D eigenvalue weighted by Gasteiger charge is -2.16. The number of nitrogens with zero attached hydrogens (tertiary/aromatic N) is 3. The Labute approximate surface area is 180 Å². The average Bonchev–Trinajstić information content (AvgIpc) is 3.39. The van der Waals surface area contributed by atoms with Crippen LogP contribution >= 0.6 is 11.3 Å². The lowest BCUT2D eigenvalue weighted by atomic mass is 10.1. The largest absolute Gasteiger partial charge is 0.312 e. The maximum absolute atomic E-state index is 12.5. The molecule has 0 aliphatic carbocycles. The molecule has 0 saturated carbocycles. The molecule has 0 unspecified atom stereocenters. The second kappa shape index (κ2) is 9.17. The van der Waals surface area contributed by atoms with Gasteiger partial charge in [-0.05, 0) is 36.1 Å². The normalized spacial score (nSPS) is 16.1. The molecule has 6 nitrogen and oxygen atoms in total. The first kappa shape index (κ1) is 20.2. The van der Waals surface area contributed by atoms with E-state index < -0.39 is 0 Å². The molecular formula is C23H24N4O2S. The minimum atomic E-state index is -0.0818. The number of hydrogen-bond acceptors (Lipinski definition) is 5. The van der Waals surface area contributed by atoms with Crippen molar-refractivity contribution in [1.29, 1.82) is 0 Å². The van der Waals surface area contributed by atoms with E-state index in [0.29, 0.717) is 30.9 Å². The summed E-state index contributed by atoms with van der Waals surface area (Å²) in [6.07, 6.45) is 2.46. The first-order chi connectivity index (χ1) is 14.6. The van der Waals surface area contributed by atoms with E-state index in [-0.39, 0.29) is 17.7 Å². The van der Waals surface area contributed by atoms with Crippen molar-refractivity contribution in [2.45, 2.75) is 38.5 Å². The van der Waals surface area contributed by atoms with Crippen LogP contribution in [0.5, 0.6) is 0 Å². The van der Waals surface area contributed by atoms with Crippen molar-refractivity contribution in [2.75, 3.05) is 16.8 Å². The summed E-state index contributed by atoms with van der Waals surface area (Å²) < 4.78 is 0. The summed E-state index contributed by atoms with van der Waals surface area (Å²) in [5, 5.41) is 12.4. The molecule has 30 heavy (non-hydrogen) atoms. The molecule has 7 heteroatoms. The van der Waals surface area contributed by atoms with E-state index in [0.717, 1.165) is 22.7 Å². The Balaban J connectivity index is 1.34. The number of anilines is 2. The fourth-order valence-corrected chi connectivity index (χ4v) is 4.42. The van der Waals surface area contributed by atoms with Crippen LogP contribution in [0.1, 0.15) is 41.8 Å². The Morgan fingerprint density at radius 2 is 1.87 bits per heavy atom. The van der Waals surface area contributed by atoms with Crippen LogP contribution in [-0.4, -0.2) is 28.6 Å². The van der Waals surface area contributed by atoms with Crippen molar-refractivity contribution in [3.8, 4) is 0 Å². The van der Waals surface area contributed by atoms with Crippen molar-refractivity contribution in [1.82, 2.24) is 10.2 Å². The topological polar surface area (TPSA) is 75.2 Å². The van der Waals surface area contributed by atoms with E-state index in [1.165, 1.54) is 16.9 Å². The molecule has 2 heterocycles. The molecule has 2 aromatic carbocycles. The Bertz CT molecular complexity index is 1020. The van der Waals surface area contributed by atoms with Gasteiger partial charge in [-0.25, -0.2) is 0 Å². The number of carbonyl (C=O) groups excluding carboxylic acids is 2. The lowest BCUT2D eigenvalue weighted by Crippen LogP contribution is -2.24. The highest BCUT2D eigenvalue weighted by Crippen LogP contribution is 2.34. The van der Waals surface area contributed by atoms with Gasteiger partial charge in [0.2, 0.25) is 16.9 Å². The van der Waals surface area contributed by atoms with Gasteiger partial charge in [-0.15, -0.1) is 10.2 Å². The molecule has 1 aliphatic rings. The number of amides is 2. The Morgan fingerprint density at radius 3 is 2.60 bits per heavy atom. The molecule has 0 bridgehead atoms. The van der Waals surface area contributed by atoms with Crippen LogP contribution in [0.15, 0.2) is 54.6 Å². The number of aromatic nitrogens is 2. The van der Waals surface area contributed by atoms with E-state index in [9.17, 15) is 9.59 Å². The van der Waals surface area contributed by atoms with Crippen LogP contribution in [0.4, 0.5) is 10.8 Å². The molecule has 154 valence electrons. The maximum Gasteiger partial charge on any atom is 0.227 e. The quantitative estimate of drug-likeness (QED) is 0.622. The van der Waals surface area contributed by atoms with E-state index in [4.69, 9.17) is 0 Å². The Hall–Kier alpha value is -3.06. The van der Waals surface area contributed by atoms with Crippen LogP contribution in [-0.2, 0) is 22.4 Å². The van der Waals surface area contributed by atoms with Gasteiger partial charge in [-0.3, -0.25) is 9.59 Å². The van der Waals surface area contributed by atoms with Crippen molar-refractivity contribution < 1.29 is 9.59 Å². The van der Waals surface area contributed by atoms with E-state index in [1.807, 2.05) is 47.4 Å². The van der Waals surface area contributed by atoms with Crippen LogP contribution < -0.4 is 10.2 Å². The molecule has 1 fully saturated rings. The van der Waals surface area contributed by atoms with Gasteiger partial charge >= 0.3 is 0 Å². The molecular weight excluding hydrogens is 396 g/mol. The minimum absolute atomic E-state index is 0.00387. The van der Waals surface area contributed by atoms with Crippen molar-refractivity contribution in [3.05, 3.63) is 70.7 Å². The van der Waals surface area contributed by atoms with Gasteiger partial charge in [-0.2, -0.15) is 0 Å². The lowest BCUT2D eigenvalue weighted by molar-refractivity contribution is -0.117. The van der Waals surface area contributed by atoms with Gasteiger partial charge in [0, 0.05) is 31.0 Å². The van der Waals surface area contributed by atoms with Gasteiger partial charge in [0.1, 0.15) is 5.01 Å². The highest BCUT2D eigenvalue weighted by atomic mass is 32.1. The number of nitrogens with one attached hydrogen (secondary N) is 1. The molecule has 0 spiro atoms. The third-order valence-corrected chi connectivity index (χ3v) is 6.30. The van der Waals surface area contributed by atoms with Gasteiger partial charge in [0.25, 0.3) is 0 Å². The van der Waals surface area contributed by atoms with E-state index in [2.05, 4.69) is 34.6 Å². The number of carbonyl (C=O) groups is 2. The molecule has 1 N–H and O–H groups in total. The Kier molecular flexibility index (Phi) is 6.18. The highest BCUT2D eigenvalue weighted by Gasteiger charge is 2.33. The highest BCUT2D eigenvalue weighted by molar-refractivity contribution is 7.15. The summed E-state index contributed by atoms with van der Waals surface area (Å²) in [7, 11) is 0. The number of rotatable bonds is 7. The van der Waals surface area contributed by atoms with Crippen molar-refractivity contribution >= 4 is 34.0 Å². The number of benzene rings is 2. The fourth-order valence-electron chi connectivity index (χ4n) is 3.57. The second-order valence-corrected chi connectivity index (χ2v) is 8.41. The molecule has 4 rings (SSSR count). The van der Waals surface area contributed by atoms with E-state index >= 15 is 0 Å².